The lowest BCUT2D eigenvalue weighted by molar-refractivity contribution is 0.0206. The fraction of sp³-hybridized carbons (Fsp3) is 0.500. The van der Waals surface area contributed by atoms with Gasteiger partial charge in [0, 0.05) is 25.3 Å². The third kappa shape index (κ3) is 3.06. The Morgan fingerprint density at radius 1 is 1.56 bits per heavy atom. The van der Waals surface area contributed by atoms with Gasteiger partial charge in [-0.2, -0.15) is 5.26 Å². The van der Waals surface area contributed by atoms with Crippen LogP contribution in [0, 0.1) is 17.1 Å². The van der Waals surface area contributed by atoms with Crippen LogP contribution in [0.25, 0.3) is 0 Å². The van der Waals surface area contributed by atoms with Crippen LogP contribution >= 0.6 is 0 Å². The molecule has 0 amide bonds. The number of ether oxygens (including phenoxy) is 1. The highest BCUT2D eigenvalue weighted by molar-refractivity contribution is 5.33. The molecule has 1 aliphatic heterocycles. The Bertz CT molecular complexity index is 461. The highest BCUT2D eigenvalue weighted by atomic mass is 19.1. The van der Waals surface area contributed by atoms with Crippen molar-refractivity contribution < 1.29 is 9.13 Å². The van der Waals surface area contributed by atoms with E-state index in [2.05, 4.69) is 12.2 Å². The molecule has 0 radical (unpaired) electrons. The van der Waals surface area contributed by atoms with Crippen LogP contribution in [0.1, 0.15) is 30.9 Å². The molecule has 1 aromatic rings. The topological polar surface area (TPSA) is 45.0 Å². The molecule has 1 heterocycles. The third-order valence-electron chi connectivity index (χ3n) is 3.29. The molecule has 1 saturated heterocycles. The average molecular weight is 248 g/mol. The van der Waals surface area contributed by atoms with E-state index in [1.54, 1.807) is 6.07 Å². The summed E-state index contributed by atoms with van der Waals surface area (Å²) in [6.45, 7) is 3.98. The Kier molecular flexibility index (Phi) is 3.95. The molecular formula is C14H17FN2O. The lowest BCUT2D eigenvalue weighted by atomic mass is 10.0. The van der Waals surface area contributed by atoms with E-state index >= 15 is 0 Å². The predicted octanol–water partition coefficient (Wildman–Crippen LogP) is 2.36. The van der Waals surface area contributed by atoms with Gasteiger partial charge in [-0.25, -0.2) is 4.39 Å². The molecule has 2 rings (SSSR count). The first-order chi connectivity index (χ1) is 8.63. The van der Waals surface area contributed by atoms with Crippen LogP contribution in [-0.2, 0) is 11.3 Å². The second kappa shape index (κ2) is 5.47. The largest absolute Gasteiger partial charge is 0.374 e. The Balaban J connectivity index is 1.92. The maximum Gasteiger partial charge on any atom is 0.127 e. The van der Waals surface area contributed by atoms with Crippen LogP contribution in [0.15, 0.2) is 18.2 Å². The first kappa shape index (κ1) is 13.0. The minimum atomic E-state index is -0.279. The zero-order valence-electron chi connectivity index (χ0n) is 10.5. The van der Waals surface area contributed by atoms with Gasteiger partial charge in [0.25, 0.3) is 0 Å². The molecule has 96 valence electrons. The maximum atomic E-state index is 13.5. The van der Waals surface area contributed by atoms with Gasteiger partial charge in [0.2, 0.25) is 0 Å². The standard InChI is InChI=1S/C14H17FN2O/c1-14(5-2-6-18-14)10-17-9-12-7-11(8-16)3-4-13(12)15/h3-4,7,17H,2,5-6,9-10H2,1H3. The normalized spacial score (nSPS) is 22.9. The minimum Gasteiger partial charge on any atom is -0.374 e. The van der Waals surface area contributed by atoms with E-state index in [9.17, 15) is 4.39 Å². The highest BCUT2D eigenvalue weighted by Gasteiger charge is 2.29. The average Bonchev–Trinajstić information content (AvgIpc) is 2.79. The summed E-state index contributed by atoms with van der Waals surface area (Å²) < 4.78 is 19.2. The molecule has 1 N–H and O–H groups in total. The molecule has 1 aromatic carbocycles. The summed E-state index contributed by atoms with van der Waals surface area (Å²) in [7, 11) is 0. The number of hydrogen-bond acceptors (Lipinski definition) is 3. The molecule has 0 spiro atoms. The van der Waals surface area contributed by atoms with Crippen LogP contribution in [0.3, 0.4) is 0 Å². The molecule has 1 unspecified atom stereocenters. The number of benzene rings is 1. The van der Waals surface area contributed by atoms with Crippen molar-refractivity contribution in [1.82, 2.24) is 5.32 Å². The first-order valence-electron chi connectivity index (χ1n) is 6.16. The maximum absolute atomic E-state index is 13.5. The zero-order valence-corrected chi connectivity index (χ0v) is 10.5. The molecule has 1 fully saturated rings. The molecule has 0 aliphatic carbocycles. The van der Waals surface area contributed by atoms with Gasteiger partial charge in [-0.15, -0.1) is 0 Å². The Hall–Kier alpha value is -1.44. The van der Waals surface area contributed by atoms with E-state index in [4.69, 9.17) is 10.00 Å². The number of nitriles is 1. The number of hydrogen-bond donors (Lipinski definition) is 1. The summed E-state index contributed by atoms with van der Waals surface area (Å²) >= 11 is 0. The number of halogens is 1. The van der Waals surface area contributed by atoms with Crippen LogP contribution < -0.4 is 5.32 Å². The molecule has 4 heteroatoms. The fourth-order valence-corrected chi connectivity index (χ4v) is 2.22. The van der Waals surface area contributed by atoms with Gasteiger partial charge < -0.3 is 10.1 Å². The molecule has 1 atom stereocenters. The van der Waals surface area contributed by atoms with Gasteiger partial charge in [-0.05, 0) is 38.0 Å². The Morgan fingerprint density at radius 2 is 2.39 bits per heavy atom. The van der Waals surface area contributed by atoms with Crippen molar-refractivity contribution >= 4 is 0 Å². The van der Waals surface area contributed by atoms with Crippen molar-refractivity contribution in [2.45, 2.75) is 31.9 Å². The molecule has 0 bridgehead atoms. The van der Waals surface area contributed by atoms with Crippen molar-refractivity contribution in [1.29, 1.82) is 5.26 Å². The number of rotatable bonds is 4. The van der Waals surface area contributed by atoms with E-state index in [0.717, 1.165) is 19.4 Å². The van der Waals surface area contributed by atoms with Crippen LogP contribution in [-0.4, -0.2) is 18.8 Å². The molecule has 0 saturated carbocycles. The van der Waals surface area contributed by atoms with Gasteiger partial charge >= 0.3 is 0 Å². The number of nitrogens with zero attached hydrogens (tertiary/aromatic N) is 1. The molecule has 0 aromatic heterocycles. The molecular weight excluding hydrogens is 231 g/mol. The van der Waals surface area contributed by atoms with Gasteiger partial charge in [-0.1, -0.05) is 0 Å². The summed E-state index contributed by atoms with van der Waals surface area (Å²) in [5.74, 6) is -0.279. The van der Waals surface area contributed by atoms with Crippen molar-refractivity contribution in [2.75, 3.05) is 13.2 Å². The highest BCUT2D eigenvalue weighted by Crippen LogP contribution is 2.24. The monoisotopic (exact) mass is 248 g/mol. The van der Waals surface area contributed by atoms with E-state index in [0.29, 0.717) is 24.2 Å². The van der Waals surface area contributed by atoms with Crippen molar-refractivity contribution in [2.24, 2.45) is 0 Å². The third-order valence-corrected chi connectivity index (χ3v) is 3.29. The predicted molar refractivity (Wildman–Crippen MR) is 66.4 cm³/mol. The van der Waals surface area contributed by atoms with Crippen LogP contribution in [0.4, 0.5) is 4.39 Å². The zero-order chi connectivity index (χ0) is 13.0. The summed E-state index contributed by atoms with van der Waals surface area (Å²) in [4.78, 5) is 0. The van der Waals surface area contributed by atoms with Crippen LogP contribution in [0.2, 0.25) is 0 Å². The fourth-order valence-electron chi connectivity index (χ4n) is 2.22. The second-order valence-electron chi connectivity index (χ2n) is 4.92. The quantitative estimate of drug-likeness (QED) is 0.889. The van der Waals surface area contributed by atoms with E-state index in [1.165, 1.54) is 12.1 Å². The summed E-state index contributed by atoms with van der Waals surface area (Å²) in [5.41, 5.74) is 0.871. The first-order valence-corrected chi connectivity index (χ1v) is 6.16. The van der Waals surface area contributed by atoms with Gasteiger partial charge in [0.15, 0.2) is 0 Å². The lowest BCUT2D eigenvalue weighted by Crippen LogP contribution is -2.36. The molecule has 18 heavy (non-hydrogen) atoms. The summed E-state index contributed by atoms with van der Waals surface area (Å²) in [6.07, 6.45) is 2.11. The number of nitrogens with one attached hydrogen (secondary N) is 1. The van der Waals surface area contributed by atoms with Crippen molar-refractivity contribution in [3.8, 4) is 6.07 Å². The lowest BCUT2D eigenvalue weighted by Gasteiger charge is -2.23. The Morgan fingerprint density at radius 3 is 3.06 bits per heavy atom. The van der Waals surface area contributed by atoms with Gasteiger partial charge in [0.1, 0.15) is 5.82 Å². The Labute approximate surface area is 107 Å². The van der Waals surface area contributed by atoms with Crippen LogP contribution in [0.5, 0.6) is 0 Å². The molecule has 1 aliphatic rings. The summed E-state index contributed by atoms with van der Waals surface area (Å²) in [5, 5.41) is 12.0. The smallest absolute Gasteiger partial charge is 0.127 e. The van der Waals surface area contributed by atoms with Crippen molar-refractivity contribution in [3.63, 3.8) is 0 Å². The van der Waals surface area contributed by atoms with E-state index in [-0.39, 0.29) is 11.4 Å². The summed E-state index contributed by atoms with van der Waals surface area (Å²) in [6, 6.07) is 6.42. The van der Waals surface area contributed by atoms with E-state index in [1.807, 2.05) is 6.07 Å². The SMILES string of the molecule is CC1(CNCc2cc(C#N)ccc2F)CCCO1. The minimum absolute atomic E-state index is 0.136. The molecule has 3 nitrogen and oxygen atoms in total. The second-order valence-corrected chi connectivity index (χ2v) is 4.92. The van der Waals surface area contributed by atoms with Gasteiger partial charge in [-0.3, -0.25) is 0 Å². The van der Waals surface area contributed by atoms with E-state index < -0.39 is 0 Å². The van der Waals surface area contributed by atoms with Crippen molar-refractivity contribution in [3.05, 3.63) is 35.1 Å². The van der Waals surface area contributed by atoms with Gasteiger partial charge in [0.05, 0.1) is 17.2 Å².